The van der Waals surface area contributed by atoms with Gasteiger partial charge in [0, 0.05) is 17.1 Å². The molecule has 0 fully saturated rings. The van der Waals surface area contributed by atoms with Gasteiger partial charge in [-0.1, -0.05) is 35.0 Å². The van der Waals surface area contributed by atoms with Crippen molar-refractivity contribution in [3.05, 3.63) is 34.3 Å². The van der Waals surface area contributed by atoms with Crippen LogP contribution in [0.25, 0.3) is 0 Å². The average molecular weight is 256 g/mol. The summed E-state index contributed by atoms with van der Waals surface area (Å²) in [5, 5.41) is 0. The molecule has 0 aliphatic carbocycles. The minimum absolute atomic E-state index is 0.647. The van der Waals surface area contributed by atoms with E-state index >= 15 is 0 Å². The molecule has 1 aromatic rings. The van der Waals surface area contributed by atoms with Gasteiger partial charge in [0.15, 0.2) is 0 Å². The van der Waals surface area contributed by atoms with Gasteiger partial charge in [-0.3, -0.25) is 4.90 Å². The van der Waals surface area contributed by atoms with Crippen LogP contribution in [-0.4, -0.2) is 18.0 Å². The highest BCUT2D eigenvalue weighted by Crippen LogP contribution is 2.14. The number of hydrogen-bond acceptors (Lipinski definition) is 1. The molecule has 1 atom stereocenters. The first kappa shape index (κ1) is 11.7. The summed E-state index contributed by atoms with van der Waals surface area (Å²) in [5.41, 5.74) is 1.36. The molecule has 0 saturated heterocycles. The highest BCUT2D eigenvalue weighted by atomic mass is 79.9. The van der Waals surface area contributed by atoms with Gasteiger partial charge in [0.25, 0.3) is 0 Å². The van der Waals surface area contributed by atoms with Crippen LogP contribution in [0.5, 0.6) is 0 Å². The Kier molecular flexibility index (Phi) is 4.63. The Balaban J connectivity index is 2.60. The maximum Gasteiger partial charge on any atom is 0.0233 e. The zero-order valence-electron chi connectivity index (χ0n) is 9.13. The zero-order chi connectivity index (χ0) is 10.6. The quantitative estimate of drug-likeness (QED) is 0.794. The first-order chi connectivity index (χ1) is 6.63. The summed E-state index contributed by atoms with van der Waals surface area (Å²) in [6, 6.07) is 9.15. The number of benzene rings is 1. The molecule has 0 radical (unpaired) electrons. The average Bonchev–Trinajstić information content (AvgIpc) is 2.16. The Morgan fingerprint density at radius 3 is 2.71 bits per heavy atom. The molecule has 0 aromatic heterocycles. The van der Waals surface area contributed by atoms with Crippen LogP contribution in [0, 0.1) is 0 Å². The van der Waals surface area contributed by atoms with Gasteiger partial charge in [-0.15, -0.1) is 0 Å². The Hall–Kier alpha value is -0.340. The van der Waals surface area contributed by atoms with Crippen molar-refractivity contribution in [2.45, 2.75) is 32.9 Å². The Morgan fingerprint density at radius 1 is 1.43 bits per heavy atom. The summed E-state index contributed by atoms with van der Waals surface area (Å²) in [6.07, 6.45) is 1.20. The number of halogens is 1. The molecule has 14 heavy (non-hydrogen) atoms. The zero-order valence-corrected chi connectivity index (χ0v) is 10.7. The summed E-state index contributed by atoms with van der Waals surface area (Å²) in [6.45, 7) is 5.51. The predicted molar refractivity (Wildman–Crippen MR) is 65.4 cm³/mol. The molecule has 1 aromatic carbocycles. The topological polar surface area (TPSA) is 3.24 Å². The molecular formula is C12H18BrN. The van der Waals surface area contributed by atoms with Crippen LogP contribution < -0.4 is 0 Å². The molecule has 1 rings (SSSR count). The van der Waals surface area contributed by atoms with Crippen molar-refractivity contribution < 1.29 is 0 Å². The molecule has 0 aliphatic rings. The molecular weight excluding hydrogens is 238 g/mol. The van der Waals surface area contributed by atoms with Gasteiger partial charge in [0.2, 0.25) is 0 Å². The first-order valence-electron chi connectivity index (χ1n) is 5.08. The van der Waals surface area contributed by atoms with Gasteiger partial charge in [0.05, 0.1) is 0 Å². The van der Waals surface area contributed by atoms with E-state index in [4.69, 9.17) is 0 Å². The SMILES string of the molecule is CCC(C)N(C)Cc1cccc(Br)c1. The maximum absolute atomic E-state index is 3.49. The maximum atomic E-state index is 3.49. The molecule has 1 nitrogen and oxygen atoms in total. The lowest BCUT2D eigenvalue weighted by Crippen LogP contribution is -2.27. The van der Waals surface area contributed by atoms with Crippen LogP contribution in [0.1, 0.15) is 25.8 Å². The molecule has 78 valence electrons. The molecule has 0 saturated carbocycles. The molecule has 0 spiro atoms. The van der Waals surface area contributed by atoms with Crippen molar-refractivity contribution in [3.63, 3.8) is 0 Å². The third kappa shape index (κ3) is 3.43. The van der Waals surface area contributed by atoms with E-state index in [1.807, 2.05) is 0 Å². The Labute approximate surface area is 95.2 Å². The van der Waals surface area contributed by atoms with E-state index in [9.17, 15) is 0 Å². The third-order valence-corrected chi connectivity index (χ3v) is 3.16. The normalized spacial score (nSPS) is 13.2. The fourth-order valence-electron chi connectivity index (χ4n) is 1.39. The van der Waals surface area contributed by atoms with E-state index in [-0.39, 0.29) is 0 Å². The van der Waals surface area contributed by atoms with Gasteiger partial charge in [-0.25, -0.2) is 0 Å². The molecule has 0 amide bonds. The van der Waals surface area contributed by atoms with Crippen LogP contribution in [0.4, 0.5) is 0 Å². The van der Waals surface area contributed by atoms with Crippen molar-refractivity contribution in [2.24, 2.45) is 0 Å². The monoisotopic (exact) mass is 255 g/mol. The van der Waals surface area contributed by atoms with Crippen molar-refractivity contribution in [1.29, 1.82) is 0 Å². The van der Waals surface area contributed by atoms with E-state index in [1.54, 1.807) is 0 Å². The van der Waals surface area contributed by atoms with E-state index in [0.29, 0.717) is 6.04 Å². The third-order valence-electron chi connectivity index (χ3n) is 2.66. The van der Waals surface area contributed by atoms with Gasteiger partial charge in [-0.05, 0) is 38.1 Å². The van der Waals surface area contributed by atoms with E-state index in [2.05, 4.69) is 66.0 Å². The fraction of sp³-hybridized carbons (Fsp3) is 0.500. The van der Waals surface area contributed by atoms with Gasteiger partial charge in [0.1, 0.15) is 0 Å². The Bertz CT molecular complexity index is 285. The molecule has 2 heteroatoms. The van der Waals surface area contributed by atoms with E-state index in [0.717, 1.165) is 11.0 Å². The standard InChI is InChI=1S/C12H18BrN/c1-4-10(2)14(3)9-11-6-5-7-12(13)8-11/h5-8,10H,4,9H2,1-3H3. The fourth-order valence-corrected chi connectivity index (χ4v) is 1.84. The summed E-state index contributed by atoms with van der Waals surface area (Å²) in [4.78, 5) is 2.38. The second-order valence-corrected chi connectivity index (χ2v) is 4.72. The summed E-state index contributed by atoms with van der Waals surface area (Å²) in [7, 11) is 2.18. The molecule has 0 N–H and O–H groups in total. The number of nitrogens with zero attached hydrogens (tertiary/aromatic N) is 1. The van der Waals surface area contributed by atoms with Crippen LogP contribution in [0.3, 0.4) is 0 Å². The van der Waals surface area contributed by atoms with Gasteiger partial charge in [-0.2, -0.15) is 0 Å². The minimum atomic E-state index is 0.647. The lowest BCUT2D eigenvalue weighted by molar-refractivity contribution is 0.244. The van der Waals surface area contributed by atoms with Crippen molar-refractivity contribution in [2.75, 3.05) is 7.05 Å². The highest BCUT2D eigenvalue weighted by molar-refractivity contribution is 9.10. The van der Waals surface area contributed by atoms with Crippen molar-refractivity contribution >= 4 is 15.9 Å². The van der Waals surface area contributed by atoms with E-state index in [1.165, 1.54) is 12.0 Å². The lowest BCUT2D eigenvalue weighted by Gasteiger charge is -2.23. The molecule has 0 heterocycles. The number of hydrogen-bond donors (Lipinski definition) is 0. The summed E-state index contributed by atoms with van der Waals surface area (Å²) < 4.78 is 1.16. The first-order valence-corrected chi connectivity index (χ1v) is 5.87. The van der Waals surface area contributed by atoms with Crippen LogP contribution >= 0.6 is 15.9 Å². The van der Waals surface area contributed by atoms with Crippen LogP contribution in [0.15, 0.2) is 28.7 Å². The van der Waals surface area contributed by atoms with Crippen molar-refractivity contribution in [3.8, 4) is 0 Å². The van der Waals surface area contributed by atoms with Gasteiger partial charge >= 0.3 is 0 Å². The molecule has 1 unspecified atom stereocenters. The summed E-state index contributed by atoms with van der Waals surface area (Å²) in [5.74, 6) is 0. The highest BCUT2D eigenvalue weighted by Gasteiger charge is 2.06. The smallest absolute Gasteiger partial charge is 0.0233 e. The Morgan fingerprint density at radius 2 is 2.14 bits per heavy atom. The van der Waals surface area contributed by atoms with E-state index < -0.39 is 0 Å². The van der Waals surface area contributed by atoms with Crippen LogP contribution in [0.2, 0.25) is 0 Å². The van der Waals surface area contributed by atoms with Crippen molar-refractivity contribution in [1.82, 2.24) is 4.90 Å². The largest absolute Gasteiger partial charge is 0.299 e. The predicted octanol–water partition coefficient (Wildman–Crippen LogP) is 3.68. The van der Waals surface area contributed by atoms with Gasteiger partial charge < -0.3 is 0 Å². The minimum Gasteiger partial charge on any atom is -0.299 e. The second kappa shape index (κ2) is 5.52. The molecule has 0 bridgehead atoms. The van der Waals surface area contributed by atoms with Crippen LogP contribution in [-0.2, 0) is 6.54 Å². The lowest BCUT2D eigenvalue weighted by atomic mass is 10.2. The second-order valence-electron chi connectivity index (χ2n) is 3.80. The summed E-state index contributed by atoms with van der Waals surface area (Å²) >= 11 is 3.49. The molecule has 0 aliphatic heterocycles. The number of rotatable bonds is 4.